The Bertz CT molecular complexity index is 260. The van der Waals surface area contributed by atoms with E-state index in [1.165, 1.54) is 0 Å². The summed E-state index contributed by atoms with van der Waals surface area (Å²) < 4.78 is 0. The van der Waals surface area contributed by atoms with E-state index in [2.05, 4.69) is 39.3 Å². The van der Waals surface area contributed by atoms with E-state index in [0.717, 1.165) is 18.6 Å². The normalized spacial score (nSPS) is 28.5. The molecule has 0 aliphatic carbocycles. The zero-order valence-corrected chi connectivity index (χ0v) is 12.5. The summed E-state index contributed by atoms with van der Waals surface area (Å²) in [6, 6.07) is 0.359. The second-order valence-corrected chi connectivity index (χ2v) is 6.07. The molecule has 1 heterocycles. The van der Waals surface area contributed by atoms with E-state index in [-0.39, 0.29) is 12.2 Å². The third-order valence-corrected chi connectivity index (χ3v) is 4.43. The van der Waals surface area contributed by atoms with Crippen LogP contribution >= 0.6 is 11.8 Å². The smallest absolute Gasteiger partial charge is 0.241 e. The van der Waals surface area contributed by atoms with Gasteiger partial charge in [-0.2, -0.15) is 11.8 Å². The lowest BCUT2D eigenvalue weighted by molar-refractivity contribution is -0.132. The lowest BCUT2D eigenvalue weighted by Gasteiger charge is -2.28. The zero-order chi connectivity index (χ0) is 13.0. The second-order valence-electron chi connectivity index (χ2n) is 5.08. The molecule has 0 aromatic carbocycles. The monoisotopic (exact) mass is 258 g/mol. The Morgan fingerprint density at radius 1 is 1.47 bits per heavy atom. The molecule has 100 valence electrons. The number of amides is 1. The highest BCUT2D eigenvalue weighted by Gasteiger charge is 2.40. The summed E-state index contributed by atoms with van der Waals surface area (Å²) in [6.07, 6.45) is 4.41. The Hall–Kier alpha value is -0.220. The molecule has 0 bridgehead atoms. The molecule has 0 aromatic rings. The number of thioether (sulfide) groups is 1. The molecule has 4 heteroatoms. The Morgan fingerprint density at radius 2 is 2.12 bits per heavy atom. The van der Waals surface area contributed by atoms with E-state index in [1.54, 1.807) is 0 Å². The highest BCUT2D eigenvalue weighted by Crippen LogP contribution is 2.22. The molecule has 1 aliphatic rings. The van der Waals surface area contributed by atoms with Crippen molar-refractivity contribution < 1.29 is 4.79 Å². The van der Waals surface area contributed by atoms with Gasteiger partial charge in [-0.05, 0) is 38.2 Å². The highest BCUT2D eigenvalue weighted by molar-refractivity contribution is 7.98. The predicted octanol–water partition coefficient (Wildman–Crippen LogP) is 2.32. The van der Waals surface area contributed by atoms with Crippen molar-refractivity contribution in [1.82, 2.24) is 10.2 Å². The largest absolute Gasteiger partial charge is 0.323 e. The molecule has 1 rings (SSSR count). The topological polar surface area (TPSA) is 32.3 Å². The van der Waals surface area contributed by atoms with Crippen LogP contribution in [0.3, 0.4) is 0 Å². The Morgan fingerprint density at radius 3 is 2.65 bits per heavy atom. The van der Waals surface area contributed by atoms with Crippen molar-refractivity contribution in [3.8, 4) is 0 Å². The molecule has 1 aliphatic heterocycles. The fourth-order valence-electron chi connectivity index (χ4n) is 2.43. The zero-order valence-electron chi connectivity index (χ0n) is 11.7. The van der Waals surface area contributed by atoms with Gasteiger partial charge in [-0.1, -0.05) is 20.3 Å². The molecule has 0 saturated carbocycles. The first-order chi connectivity index (χ1) is 8.02. The van der Waals surface area contributed by atoms with E-state index in [9.17, 15) is 4.79 Å². The van der Waals surface area contributed by atoms with E-state index in [0.29, 0.717) is 17.9 Å². The van der Waals surface area contributed by atoms with Crippen molar-refractivity contribution in [2.24, 2.45) is 5.92 Å². The Labute approximate surface area is 110 Å². The second kappa shape index (κ2) is 6.64. The molecule has 1 saturated heterocycles. The van der Waals surface area contributed by atoms with Gasteiger partial charge >= 0.3 is 0 Å². The molecular formula is C13H26N2OS. The van der Waals surface area contributed by atoms with Crippen LogP contribution < -0.4 is 5.32 Å². The SMILES string of the molecule is CCC(C)C1NC(C)N(C(C)CCSC)C1=O. The lowest BCUT2D eigenvalue weighted by atomic mass is 9.99. The van der Waals surface area contributed by atoms with E-state index < -0.39 is 0 Å². The first-order valence-electron chi connectivity index (χ1n) is 6.60. The number of rotatable bonds is 6. The van der Waals surface area contributed by atoms with Crippen LogP contribution in [-0.2, 0) is 4.79 Å². The van der Waals surface area contributed by atoms with Crippen molar-refractivity contribution in [2.45, 2.75) is 58.8 Å². The molecule has 1 N–H and O–H groups in total. The van der Waals surface area contributed by atoms with E-state index in [4.69, 9.17) is 0 Å². The fraction of sp³-hybridized carbons (Fsp3) is 0.923. The molecule has 1 fully saturated rings. The van der Waals surface area contributed by atoms with Gasteiger partial charge in [0.2, 0.25) is 5.91 Å². The first-order valence-corrected chi connectivity index (χ1v) is 7.99. The average molecular weight is 258 g/mol. The summed E-state index contributed by atoms with van der Waals surface area (Å²) in [4.78, 5) is 14.4. The lowest BCUT2D eigenvalue weighted by Crippen LogP contribution is -2.42. The van der Waals surface area contributed by atoms with Gasteiger partial charge in [0.1, 0.15) is 0 Å². The van der Waals surface area contributed by atoms with Crippen molar-refractivity contribution in [2.75, 3.05) is 12.0 Å². The molecule has 4 atom stereocenters. The Kier molecular flexibility index (Phi) is 5.80. The molecular weight excluding hydrogens is 232 g/mol. The van der Waals surface area contributed by atoms with Gasteiger partial charge in [-0.3, -0.25) is 10.1 Å². The van der Waals surface area contributed by atoms with Gasteiger partial charge in [0.05, 0.1) is 12.2 Å². The summed E-state index contributed by atoms with van der Waals surface area (Å²) in [5.74, 6) is 1.83. The molecule has 4 unspecified atom stereocenters. The first kappa shape index (κ1) is 14.8. The number of carbonyl (C=O) groups is 1. The number of hydrogen-bond acceptors (Lipinski definition) is 3. The van der Waals surface area contributed by atoms with Crippen molar-refractivity contribution in [3.05, 3.63) is 0 Å². The number of hydrogen-bond donors (Lipinski definition) is 1. The molecule has 0 spiro atoms. The summed E-state index contributed by atoms with van der Waals surface area (Å²) in [5.41, 5.74) is 0. The van der Waals surface area contributed by atoms with Crippen LogP contribution in [0.1, 0.15) is 40.5 Å². The standard InChI is InChI=1S/C13H26N2OS/c1-6-9(2)12-13(16)15(11(4)14-12)10(3)7-8-17-5/h9-12,14H,6-8H2,1-5H3. The van der Waals surface area contributed by atoms with Crippen LogP contribution in [0.4, 0.5) is 0 Å². The maximum Gasteiger partial charge on any atom is 0.241 e. The van der Waals surface area contributed by atoms with Crippen molar-refractivity contribution in [3.63, 3.8) is 0 Å². The summed E-state index contributed by atoms with van der Waals surface area (Å²) in [7, 11) is 0. The minimum atomic E-state index is 0.0201. The minimum absolute atomic E-state index is 0.0201. The molecule has 17 heavy (non-hydrogen) atoms. The van der Waals surface area contributed by atoms with Gasteiger partial charge in [0, 0.05) is 6.04 Å². The van der Waals surface area contributed by atoms with Crippen LogP contribution in [0.2, 0.25) is 0 Å². The molecule has 0 radical (unpaired) electrons. The van der Waals surface area contributed by atoms with Gasteiger partial charge in [0.25, 0.3) is 0 Å². The van der Waals surface area contributed by atoms with Gasteiger partial charge in [0.15, 0.2) is 0 Å². The third kappa shape index (κ3) is 3.38. The average Bonchev–Trinajstić information content (AvgIpc) is 2.61. The van der Waals surface area contributed by atoms with Gasteiger partial charge in [-0.15, -0.1) is 0 Å². The molecule has 1 amide bonds. The fourth-order valence-corrected chi connectivity index (χ4v) is 3.01. The predicted molar refractivity (Wildman–Crippen MR) is 75.1 cm³/mol. The van der Waals surface area contributed by atoms with Crippen molar-refractivity contribution >= 4 is 17.7 Å². The quantitative estimate of drug-likeness (QED) is 0.793. The van der Waals surface area contributed by atoms with Gasteiger partial charge in [-0.25, -0.2) is 0 Å². The molecule has 0 aromatic heterocycles. The summed E-state index contributed by atoms with van der Waals surface area (Å²) in [6.45, 7) is 8.55. The van der Waals surface area contributed by atoms with Crippen LogP contribution in [0.15, 0.2) is 0 Å². The summed E-state index contributed by atoms with van der Waals surface area (Å²) in [5, 5.41) is 3.43. The van der Waals surface area contributed by atoms with E-state index >= 15 is 0 Å². The van der Waals surface area contributed by atoms with Crippen LogP contribution in [0.5, 0.6) is 0 Å². The minimum Gasteiger partial charge on any atom is -0.323 e. The molecule has 3 nitrogen and oxygen atoms in total. The number of nitrogens with zero attached hydrogens (tertiary/aromatic N) is 1. The summed E-state index contributed by atoms with van der Waals surface area (Å²) >= 11 is 1.84. The Balaban J connectivity index is 2.64. The number of carbonyl (C=O) groups excluding carboxylic acids is 1. The maximum atomic E-state index is 12.4. The highest BCUT2D eigenvalue weighted by atomic mass is 32.2. The van der Waals surface area contributed by atoms with Crippen LogP contribution in [-0.4, -0.2) is 41.1 Å². The van der Waals surface area contributed by atoms with Crippen LogP contribution in [0.25, 0.3) is 0 Å². The van der Waals surface area contributed by atoms with Crippen molar-refractivity contribution in [1.29, 1.82) is 0 Å². The van der Waals surface area contributed by atoms with Gasteiger partial charge < -0.3 is 4.90 Å². The number of nitrogens with one attached hydrogen (secondary N) is 1. The maximum absolute atomic E-state index is 12.4. The van der Waals surface area contributed by atoms with Crippen LogP contribution in [0, 0.1) is 5.92 Å². The third-order valence-electron chi connectivity index (χ3n) is 3.79. The van der Waals surface area contributed by atoms with E-state index in [1.807, 2.05) is 16.7 Å².